The lowest BCUT2D eigenvalue weighted by atomic mass is 9.75. The van der Waals surface area contributed by atoms with Gasteiger partial charge in [-0.3, -0.25) is 4.90 Å². The first-order valence-electron chi connectivity index (χ1n) is 7.06. The van der Waals surface area contributed by atoms with Crippen molar-refractivity contribution < 1.29 is 0 Å². The number of likely N-dealkylation sites (tertiary alicyclic amines) is 1. The van der Waals surface area contributed by atoms with Gasteiger partial charge >= 0.3 is 0 Å². The molecule has 1 heteroatoms. The van der Waals surface area contributed by atoms with Crippen molar-refractivity contribution in [2.45, 2.75) is 38.4 Å². The number of hydrogen-bond acceptors (Lipinski definition) is 1. The molecule has 1 fully saturated rings. The molecule has 0 aliphatic carbocycles. The number of hydrogen-bond donors (Lipinski definition) is 0. The number of rotatable bonds is 3. The summed E-state index contributed by atoms with van der Waals surface area (Å²) in [7, 11) is 0. The molecule has 0 amide bonds. The van der Waals surface area contributed by atoms with Crippen LogP contribution in [0.3, 0.4) is 0 Å². The highest BCUT2D eigenvalue weighted by atomic mass is 15.3. The van der Waals surface area contributed by atoms with E-state index >= 15 is 0 Å². The van der Waals surface area contributed by atoms with E-state index in [9.17, 15) is 0 Å². The summed E-state index contributed by atoms with van der Waals surface area (Å²) >= 11 is 0. The molecule has 2 aromatic rings. The smallest absolute Gasteiger partial charge is 0.0453 e. The Balaban J connectivity index is 1.84. The van der Waals surface area contributed by atoms with Crippen molar-refractivity contribution in [3.05, 3.63) is 71.8 Å². The van der Waals surface area contributed by atoms with E-state index in [1.54, 1.807) is 0 Å². The zero-order valence-corrected chi connectivity index (χ0v) is 11.7. The minimum atomic E-state index is 0.191. The summed E-state index contributed by atoms with van der Waals surface area (Å²) in [6.45, 7) is 5.73. The summed E-state index contributed by atoms with van der Waals surface area (Å²) in [6.07, 6.45) is 1.24. The van der Waals surface area contributed by atoms with Gasteiger partial charge in [-0.1, -0.05) is 60.7 Å². The lowest BCUT2D eigenvalue weighted by molar-refractivity contribution is -0.0660. The molecule has 2 atom stereocenters. The Morgan fingerprint density at radius 3 is 2.16 bits per heavy atom. The Hall–Kier alpha value is -1.60. The van der Waals surface area contributed by atoms with Gasteiger partial charge in [0.1, 0.15) is 0 Å². The molecule has 3 rings (SSSR count). The molecule has 1 nitrogen and oxygen atoms in total. The van der Waals surface area contributed by atoms with E-state index in [2.05, 4.69) is 79.4 Å². The molecule has 1 heterocycles. The molecule has 0 unspecified atom stereocenters. The van der Waals surface area contributed by atoms with Gasteiger partial charge in [-0.05, 0) is 31.4 Å². The van der Waals surface area contributed by atoms with Crippen molar-refractivity contribution in [3.8, 4) is 0 Å². The minimum Gasteiger partial charge on any atom is -0.287 e. The van der Waals surface area contributed by atoms with Gasteiger partial charge in [0.2, 0.25) is 0 Å². The molecule has 0 saturated carbocycles. The third-order valence-corrected chi connectivity index (χ3v) is 4.45. The molecule has 0 aromatic heterocycles. The van der Waals surface area contributed by atoms with Gasteiger partial charge in [0.05, 0.1) is 0 Å². The predicted octanol–water partition coefficient (Wildman–Crippen LogP) is 4.20. The Morgan fingerprint density at radius 2 is 1.58 bits per heavy atom. The molecule has 2 aromatic carbocycles. The van der Waals surface area contributed by atoms with Crippen molar-refractivity contribution in [3.63, 3.8) is 0 Å². The van der Waals surface area contributed by atoms with Crippen LogP contribution < -0.4 is 0 Å². The van der Waals surface area contributed by atoms with Gasteiger partial charge in [-0.25, -0.2) is 0 Å². The largest absolute Gasteiger partial charge is 0.287 e. The summed E-state index contributed by atoms with van der Waals surface area (Å²) in [6, 6.07) is 22.3. The van der Waals surface area contributed by atoms with Crippen LogP contribution in [0.1, 0.15) is 31.4 Å². The van der Waals surface area contributed by atoms with E-state index < -0.39 is 0 Å². The van der Waals surface area contributed by atoms with Crippen LogP contribution in [0.4, 0.5) is 0 Å². The van der Waals surface area contributed by atoms with Gasteiger partial charge in [0, 0.05) is 18.1 Å². The second-order valence-electron chi connectivity index (χ2n) is 5.81. The fourth-order valence-corrected chi connectivity index (χ4v) is 3.37. The topological polar surface area (TPSA) is 3.24 Å². The molecule has 19 heavy (non-hydrogen) atoms. The normalized spacial score (nSPS) is 26.9. The van der Waals surface area contributed by atoms with Crippen LogP contribution in [-0.4, -0.2) is 10.9 Å². The lowest BCUT2D eigenvalue weighted by Gasteiger charge is -2.56. The van der Waals surface area contributed by atoms with Crippen LogP contribution in [0, 0.1) is 0 Å². The summed E-state index contributed by atoms with van der Waals surface area (Å²) < 4.78 is 0. The van der Waals surface area contributed by atoms with Crippen molar-refractivity contribution in [1.29, 1.82) is 0 Å². The van der Waals surface area contributed by atoms with Crippen molar-refractivity contribution in [2.24, 2.45) is 0 Å². The van der Waals surface area contributed by atoms with E-state index in [-0.39, 0.29) is 5.54 Å². The van der Waals surface area contributed by atoms with Gasteiger partial charge < -0.3 is 0 Å². The fourth-order valence-electron chi connectivity index (χ4n) is 3.37. The summed E-state index contributed by atoms with van der Waals surface area (Å²) in [4.78, 5) is 2.61. The second-order valence-corrected chi connectivity index (χ2v) is 5.81. The van der Waals surface area contributed by atoms with E-state index in [0.717, 1.165) is 6.54 Å². The highest BCUT2D eigenvalue weighted by Gasteiger charge is 2.46. The molecular formula is C18H21N. The molecule has 98 valence electrons. The molecule has 1 aliphatic heterocycles. The average Bonchev–Trinajstić information content (AvgIpc) is 2.47. The summed E-state index contributed by atoms with van der Waals surface area (Å²) in [5.74, 6) is 0. The van der Waals surface area contributed by atoms with Crippen LogP contribution in [-0.2, 0) is 12.1 Å². The summed E-state index contributed by atoms with van der Waals surface area (Å²) in [5, 5.41) is 0. The Morgan fingerprint density at radius 1 is 1.00 bits per heavy atom. The van der Waals surface area contributed by atoms with E-state index in [4.69, 9.17) is 0 Å². The highest BCUT2D eigenvalue weighted by molar-refractivity contribution is 5.28. The number of benzene rings is 2. The maximum absolute atomic E-state index is 2.61. The van der Waals surface area contributed by atoms with Crippen LogP contribution in [0.15, 0.2) is 60.7 Å². The van der Waals surface area contributed by atoms with Gasteiger partial charge in [-0.15, -0.1) is 0 Å². The monoisotopic (exact) mass is 251 g/mol. The Bertz CT molecular complexity index is 534. The van der Waals surface area contributed by atoms with E-state index in [0.29, 0.717) is 6.04 Å². The quantitative estimate of drug-likeness (QED) is 0.790. The van der Waals surface area contributed by atoms with Crippen LogP contribution >= 0.6 is 0 Å². The molecule has 0 bridgehead atoms. The Kier molecular flexibility index (Phi) is 3.16. The van der Waals surface area contributed by atoms with Crippen LogP contribution in [0.2, 0.25) is 0 Å². The first-order valence-corrected chi connectivity index (χ1v) is 7.06. The zero-order valence-electron chi connectivity index (χ0n) is 11.7. The average molecular weight is 251 g/mol. The molecule has 0 spiro atoms. The molecule has 0 radical (unpaired) electrons. The Labute approximate surface area is 115 Å². The SMILES string of the molecule is C[C@H]1C[C@](C)(c2ccccc2)N1Cc1ccccc1. The highest BCUT2D eigenvalue weighted by Crippen LogP contribution is 2.45. The predicted molar refractivity (Wildman–Crippen MR) is 79.9 cm³/mol. The number of nitrogens with zero attached hydrogens (tertiary/aromatic N) is 1. The molecular weight excluding hydrogens is 230 g/mol. The standard InChI is InChI=1S/C18H21N/c1-15-13-18(2,17-11-7-4-8-12-17)19(15)14-16-9-5-3-6-10-16/h3-12,15H,13-14H2,1-2H3/t15-,18+/m0/s1. The van der Waals surface area contributed by atoms with Crippen LogP contribution in [0.25, 0.3) is 0 Å². The molecule has 0 N–H and O–H groups in total. The van der Waals surface area contributed by atoms with Crippen molar-refractivity contribution in [1.82, 2.24) is 4.90 Å². The van der Waals surface area contributed by atoms with Crippen molar-refractivity contribution >= 4 is 0 Å². The first-order chi connectivity index (χ1) is 9.20. The molecule has 1 aliphatic rings. The second kappa shape index (κ2) is 4.82. The maximum atomic E-state index is 2.61. The maximum Gasteiger partial charge on any atom is 0.0453 e. The first kappa shape index (κ1) is 12.4. The molecule has 1 saturated heterocycles. The summed E-state index contributed by atoms with van der Waals surface area (Å²) in [5.41, 5.74) is 3.02. The lowest BCUT2D eigenvalue weighted by Crippen LogP contribution is -2.60. The third kappa shape index (κ3) is 2.19. The van der Waals surface area contributed by atoms with E-state index in [1.807, 2.05) is 0 Å². The van der Waals surface area contributed by atoms with Crippen LogP contribution in [0.5, 0.6) is 0 Å². The third-order valence-electron chi connectivity index (χ3n) is 4.45. The van der Waals surface area contributed by atoms with Gasteiger partial charge in [0.15, 0.2) is 0 Å². The van der Waals surface area contributed by atoms with Gasteiger partial charge in [0.25, 0.3) is 0 Å². The minimum absolute atomic E-state index is 0.191. The zero-order chi connectivity index (χ0) is 13.3. The van der Waals surface area contributed by atoms with Gasteiger partial charge in [-0.2, -0.15) is 0 Å². The van der Waals surface area contributed by atoms with E-state index in [1.165, 1.54) is 17.5 Å². The van der Waals surface area contributed by atoms with Crippen molar-refractivity contribution in [2.75, 3.05) is 0 Å². The fraction of sp³-hybridized carbons (Fsp3) is 0.333.